The zero-order valence-corrected chi connectivity index (χ0v) is 21.4. The largest absolute Gasteiger partial charge is 0.512 e. The highest BCUT2D eigenvalue weighted by atomic mass is 32.2. The van der Waals surface area contributed by atoms with E-state index in [0.717, 1.165) is 38.8 Å². The van der Waals surface area contributed by atoms with E-state index >= 15 is 0 Å². The second kappa shape index (κ2) is 7.58. The van der Waals surface area contributed by atoms with Gasteiger partial charge in [0.25, 0.3) is 5.91 Å². The number of piperazine rings is 1. The van der Waals surface area contributed by atoms with E-state index in [2.05, 4.69) is 33.0 Å². The molecule has 6 nitrogen and oxygen atoms in total. The van der Waals surface area contributed by atoms with Crippen molar-refractivity contribution in [1.29, 1.82) is 0 Å². The van der Waals surface area contributed by atoms with Gasteiger partial charge < -0.3 is 15.3 Å². The number of hydrogen-bond acceptors (Lipinski definition) is 5. The maximum atomic E-state index is 13.8. The molecule has 184 valence electrons. The van der Waals surface area contributed by atoms with Gasteiger partial charge in [-0.05, 0) is 59.8 Å². The summed E-state index contributed by atoms with van der Waals surface area (Å²) < 4.78 is 27.5. The Balaban J connectivity index is 1.53. The number of nitrogens with zero attached hydrogens (tertiary/aromatic N) is 1. The molecule has 33 heavy (non-hydrogen) atoms. The second-order valence-electron chi connectivity index (χ2n) is 12.5. The molecule has 2 heterocycles. The lowest BCUT2D eigenvalue weighted by molar-refractivity contribution is -0.140. The van der Waals surface area contributed by atoms with Gasteiger partial charge in [0.1, 0.15) is 0 Å². The number of rotatable bonds is 1. The Labute approximate surface area is 198 Å². The average molecular weight is 477 g/mol. The van der Waals surface area contributed by atoms with Crippen LogP contribution in [0.2, 0.25) is 0 Å². The molecule has 2 saturated heterocycles. The molecule has 0 aromatic carbocycles. The van der Waals surface area contributed by atoms with Gasteiger partial charge in [0.15, 0.2) is 9.84 Å². The van der Waals surface area contributed by atoms with Crippen LogP contribution in [-0.4, -0.2) is 61.5 Å². The van der Waals surface area contributed by atoms with Crippen molar-refractivity contribution < 1.29 is 18.3 Å². The van der Waals surface area contributed by atoms with Gasteiger partial charge >= 0.3 is 0 Å². The van der Waals surface area contributed by atoms with Gasteiger partial charge in [-0.1, -0.05) is 40.2 Å². The quantitative estimate of drug-likeness (QED) is 0.605. The van der Waals surface area contributed by atoms with Gasteiger partial charge in [-0.2, -0.15) is 0 Å². The Kier molecular flexibility index (Phi) is 5.37. The zero-order chi connectivity index (χ0) is 23.8. The molecule has 0 radical (unpaired) electrons. The molecule has 1 amide bonds. The van der Waals surface area contributed by atoms with Gasteiger partial charge in [-0.3, -0.25) is 4.79 Å². The third-order valence-corrected chi connectivity index (χ3v) is 12.3. The van der Waals surface area contributed by atoms with E-state index in [1.807, 2.05) is 0 Å². The third kappa shape index (κ3) is 3.43. The minimum atomic E-state index is -3.51. The summed E-state index contributed by atoms with van der Waals surface area (Å²) in [6, 6.07) is 0. The van der Waals surface area contributed by atoms with E-state index in [1.54, 1.807) is 17.1 Å². The summed E-state index contributed by atoms with van der Waals surface area (Å²) in [7, 11) is -3.51. The van der Waals surface area contributed by atoms with Gasteiger partial charge in [-0.15, -0.1) is 0 Å². The predicted octanol–water partition coefficient (Wildman–Crippen LogP) is 3.46. The monoisotopic (exact) mass is 476 g/mol. The minimum Gasteiger partial charge on any atom is -0.512 e. The highest BCUT2D eigenvalue weighted by molar-refractivity contribution is 7.92. The standard InChI is InChI=1S/C26H40N2O4S/c1-24(2)7-5-8-25(3)20(24)6-9-26(4)21(25)16-33(31,32)19-15-17(14-18(29)22(19)26)23(30)28-12-10-27-11-13-28/h14-15,19-22,27,29H,5-13,16H2,1-4H3/t19?,20-,21+,22?,25-,26+/m0/s1. The highest BCUT2D eigenvalue weighted by Gasteiger charge is 2.66. The van der Waals surface area contributed by atoms with Crippen LogP contribution in [0.25, 0.3) is 0 Å². The predicted molar refractivity (Wildman–Crippen MR) is 129 cm³/mol. The van der Waals surface area contributed by atoms with Gasteiger partial charge in [0.05, 0.1) is 16.8 Å². The Hall–Kier alpha value is -1.34. The molecule has 2 aliphatic heterocycles. The molecule has 0 spiro atoms. The average Bonchev–Trinajstić information content (AvgIpc) is 2.74. The van der Waals surface area contributed by atoms with E-state index in [4.69, 9.17) is 0 Å². The first-order valence-electron chi connectivity index (χ1n) is 12.7. The number of nitrogens with one attached hydrogen (secondary N) is 1. The first-order valence-corrected chi connectivity index (χ1v) is 14.5. The summed E-state index contributed by atoms with van der Waals surface area (Å²) in [5, 5.41) is 13.7. The van der Waals surface area contributed by atoms with Crippen molar-refractivity contribution in [3.8, 4) is 0 Å². The number of aliphatic hydroxyl groups is 1. The molecule has 3 aliphatic carbocycles. The maximum Gasteiger partial charge on any atom is 0.253 e. The van der Waals surface area contributed by atoms with Crippen molar-refractivity contribution in [1.82, 2.24) is 10.2 Å². The molecule has 4 fully saturated rings. The van der Waals surface area contributed by atoms with Gasteiger partial charge in [0.2, 0.25) is 0 Å². The molecular formula is C26H40N2O4S. The van der Waals surface area contributed by atoms with E-state index < -0.39 is 21.0 Å². The van der Waals surface area contributed by atoms with Gasteiger partial charge in [-0.25, -0.2) is 8.42 Å². The number of sulfone groups is 1. The highest BCUT2D eigenvalue weighted by Crippen LogP contribution is 2.68. The van der Waals surface area contributed by atoms with Crippen molar-refractivity contribution >= 4 is 15.7 Å². The summed E-state index contributed by atoms with van der Waals surface area (Å²) >= 11 is 0. The lowest BCUT2D eigenvalue weighted by atomic mass is 9.41. The molecule has 6 atom stereocenters. The van der Waals surface area contributed by atoms with Crippen molar-refractivity contribution in [2.45, 2.75) is 65.0 Å². The maximum absolute atomic E-state index is 13.8. The fraction of sp³-hybridized carbons (Fsp3) is 0.808. The SMILES string of the molecule is CC1(C)CCC[C@]2(C)[C@H]3CS(=O)(=O)C4C=C(C(=O)N5CCNCC5)C=C(O)C4[C@]3(C)CC[C@@H]12. The topological polar surface area (TPSA) is 86.7 Å². The Morgan fingerprint density at radius 1 is 1.06 bits per heavy atom. The van der Waals surface area contributed by atoms with Crippen LogP contribution in [0.15, 0.2) is 23.5 Å². The molecular weight excluding hydrogens is 436 g/mol. The van der Waals surface area contributed by atoms with Crippen molar-refractivity contribution in [2.24, 2.45) is 34.0 Å². The molecule has 2 N–H and O–H groups in total. The summed E-state index contributed by atoms with van der Waals surface area (Å²) in [6.45, 7) is 11.9. The first kappa shape index (κ1) is 23.4. The number of carbonyl (C=O) groups is 1. The van der Waals surface area contributed by atoms with Crippen LogP contribution < -0.4 is 5.32 Å². The zero-order valence-electron chi connectivity index (χ0n) is 20.6. The van der Waals surface area contributed by atoms with Crippen molar-refractivity contribution in [2.75, 3.05) is 31.9 Å². The fourth-order valence-electron chi connectivity index (χ4n) is 8.73. The van der Waals surface area contributed by atoms with Crippen LogP contribution in [0.1, 0.15) is 59.8 Å². The summed E-state index contributed by atoms with van der Waals surface area (Å²) in [4.78, 5) is 14.9. The number of hydrogen-bond donors (Lipinski definition) is 2. The molecule has 0 bridgehead atoms. The Bertz CT molecular complexity index is 1010. The molecule has 0 aromatic rings. The fourth-order valence-corrected chi connectivity index (χ4v) is 11.4. The molecule has 2 saturated carbocycles. The van der Waals surface area contributed by atoms with Crippen LogP contribution in [-0.2, 0) is 14.6 Å². The lowest BCUT2D eigenvalue weighted by Gasteiger charge is -2.66. The van der Waals surface area contributed by atoms with Crippen molar-refractivity contribution in [3.63, 3.8) is 0 Å². The van der Waals surface area contributed by atoms with Gasteiger partial charge in [0, 0.05) is 37.7 Å². The lowest BCUT2D eigenvalue weighted by Crippen LogP contribution is -2.64. The number of carbonyl (C=O) groups excluding carboxylic acids is 1. The summed E-state index contributed by atoms with van der Waals surface area (Å²) in [5.41, 5.74) is 0.200. The van der Waals surface area contributed by atoms with Crippen LogP contribution in [0.4, 0.5) is 0 Å². The number of fused-ring (bicyclic) bond motifs is 5. The summed E-state index contributed by atoms with van der Waals surface area (Å²) in [6.07, 6.45) is 8.63. The van der Waals surface area contributed by atoms with E-state index in [9.17, 15) is 18.3 Å². The van der Waals surface area contributed by atoms with Crippen molar-refractivity contribution in [3.05, 3.63) is 23.5 Å². The first-order chi connectivity index (χ1) is 15.4. The second-order valence-corrected chi connectivity index (χ2v) is 14.7. The number of allylic oxidation sites excluding steroid dienone is 1. The molecule has 5 aliphatic rings. The molecule has 2 unspecified atom stereocenters. The molecule has 0 aromatic heterocycles. The Morgan fingerprint density at radius 2 is 1.76 bits per heavy atom. The molecule has 7 heteroatoms. The van der Waals surface area contributed by atoms with Crippen LogP contribution in [0.5, 0.6) is 0 Å². The minimum absolute atomic E-state index is 0.0175. The number of amides is 1. The van der Waals surface area contributed by atoms with E-state index in [1.165, 1.54) is 6.42 Å². The van der Waals surface area contributed by atoms with E-state index in [0.29, 0.717) is 24.6 Å². The summed E-state index contributed by atoms with van der Waals surface area (Å²) in [5.74, 6) is 0.126. The molecule has 5 rings (SSSR count). The van der Waals surface area contributed by atoms with Crippen LogP contribution in [0, 0.1) is 34.0 Å². The van der Waals surface area contributed by atoms with E-state index in [-0.39, 0.29) is 39.6 Å². The third-order valence-electron chi connectivity index (χ3n) is 10.3. The normalized spacial score (nSPS) is 43.9. The Morgan fingerprint density at radius 3 is 2.45 bits per heavy atom. The van der Waals surface area contributed by atoms with Crippen LogP contribution in [0.3, 0.4) is 0 Å². The smallest absolute Gasteiger partial charge is 0.253 e. The number of aliphatic hydroxyl groups excluding tert-OH is 1. The van der Waals surface area contributed by atoms with Crippen LogP contribution >= 0.6 is 0 Å².